The Morgan fingerprint density at radius 3 is 2.50 bits per heavy atom. The van der Waals surface area contributed by atoms with Crippen molar-refractivity contribution in [2.24, 2.45) is 18.4 Å². The number of hydrogen-bond donors (Lipinski definition) is 0. The first-order valence-corrected chi connectivity index (χ1v) is 9.36. The van der Waals surface area contributed by atoms with Crippen LogP contribution >= 0.6 is 0 Å². The molecular weight excluding hydrogens is 326 g/mol. The van der Waals surface area contributed by atoms with Gasteiger partial charge in [0.1, 0.15) is 5.82 Å². The van der Waals surface area contributed by atoms with Crippen molar-refractivity contribution in [3.05, 3.63) is 29.8 Å². The molecule has 0 atom stereocenters. The predicted molar refractivity (Wildman–Crippen MR) is 101 cm³/mol. The van der Waals surface area contributed by atoms with Gasteiger partial charge in [0, 0.05) is 43.9 Å². The summed E-state index contributed by atoms with van der Waals surface area (Å²) in [5.41, 5.74) is 2.60. The van der Waals surface area contributed by atoms with Gasteiger partial charge in [0.2, 0.25) is 5.91 Å². The average molecular weight is 355 g/mol. The Balaban J connectivity index is 1.67. The molecule has 2 aromatic rings. The minimum absolute atomic E-state index is 0.251. The standard InChI is InChI=1S/C20H29N5O/c1-14-12-16(17-6-9-21-24(17)5)23-18(22-14)13-15-7-10-25(11-8-15)19(26)20(2,3)4/h6,9,12,15H,7-8,10-11,13H2,1-5H3. The smallest absolute Gasteiger partial charge is 0.227 e. The van der Waals surface area contributed by atoms with E-state index in [1.807, 2.05) is 56.5 Å². The zero-order chi connectivity index (χ0) is 18.9. The molecule has 6 nitrogen and oxygen atoms in total. The molecule has 6 heteroatoms. The van der Waals surface area contributed by atoms with Gasteiger partial charge in [-0.1, -0.05) is 20.8 Å². The second kappa shape index (κ2) is 7.17. The number of piperidine rings is 1. The van der Waals surface area contributed by atoms with Crippen molar-refractivity contribution >= 4 is 5.91 Å². The van der Waals surface area contributed by atoms with Gasteiger partial charge in [-0.2, -0.15) is 5.10 Å². The molecule has 26 heavy (non-hydrogen) atoms. The summed E-state index contributed by atoms with van der Waals surface area (Å²) in [5, 5.41) is 4.23. The molecule has 3 heterocycles. The zero-order valence-electron chi connectivity index (χ0n) is 16.5. The summed E-state index contributed by atoms with van der Waals surface area (Å²) < 4.78 is 1.84. The molecule has 1 fully saturated rings. The van der Waals surface area contributed by atoms with Crippen molar-refractivity contribution < 1.29 is 4.79 Å². The summed E-state index contributed by atoms with van der Waals surface area (Å²) in [6.45, 7) is 9.64. The van der Waals surface area contributed by atoms with Gasteiger partial charge in [0.15, 0.2) is 0 Å². The normalized spacial score (nSPS) is 16.1. The lowest BCUT2D eigenvalue weighted by Gasteiger charge is -2.35. The molecule has 0 bridgehead atoms. The van der Waals surface area contributed by atoms with Crippen LogP contribution in [0.5, 0.6) is 0 Å². The number of amides is 1. The van der Waals surface area contributed by atoms with Crippen LogP contribution in [0.3, 0.4) is 0 Å². The highest BCUT2D eigenvalue weighted by Gasteiger charge is 2.30. The summed E-state index contributed by atoms with van der Waals surface area (Å²) >= 11 is 0. The second-order valence-electron chi connectivity index (χ2n) is 8.34. The Bertz CT molecular complexity index is 782. The van der Waals surface area contributed by atoms with Gasteiger partial charge in [-0.05, 0) is 37.8 Å². The van der Waals surface area contributed by atoms with Crippen LogP contribution in [0, 0.1) is 18.3 Å². The Hall–Kier alpha value is -2.24. The molecule has 1 aliphatic rings. The van der Waals surface area contributed by atoms with Crippen LogP contribution in [-0.2, 0) is 18.3 Å². The summed E-state index contributed by atoms with van der Waals surface area (Å²) in [5.74, 6) is 1.67. The predicted octanol–water partition coefficient (Wildman–Crippen LogP) is 3.01. The molecule has 3 rings (SSSR count). The third-order valence-electron chi connectivity index (χ3n) is 5.00. The van der Waals surface area contributed by atoms with Crippen LogP contribution in [0.25, 0.3) is 11.4 Å². The van der Waals surface area contributed by atoms with E-state index < -0.39 is 0 Å². The van der Waals surface area contributed by atoms with Crippen molar-refractivity contribution in [1.82, 2.24) is 24.6 Å². The van der Waals surface area contributed by atoms with E-state index in [1.54, 1.807) is 6.20 Å². The highest BCUT2D eigenvalue weighted by Crippen LogP contribution is 2.26. The maximum absolute atomic E-state index is 12.4. The lowest BCUT2D eigenvalue weighted by Crippen LogP contribution is -2.44. The van der Waals surface area contributed by atoms with E-state index in [1.165, 1.54) is 0 Å². The molecule has 0 unspecified atom stereocenters. The third-order valence-corrected chi connectivity index (χ3v) is 5.00. The molecule has 0 spiro atoms. The van der Waals surface area contributed by atoms with Crippen LogP contribution in [0.1, 0.15) is 45.1 Å². The minimum atomic E-state index is -0.301. The molecule has 0 aromatic carbocycles. The highest BCUT2D eigenvalue weighted by atomic mass is 16.2. The van der Waals surface area contributed by atoms with Gasteiger partial charge < -0.3 is 4.90 Å². The van der Waals surface area contributed by atoms with Crippen molar-refractivity contribution in [3.63, 3.8) is 0 Å². The molecule has 0 radical (unpaired) electrons. The number of carbonyl (C=O) groups is 1. The first kappa shape index (κ1) is 18.5. The van der Waals surface area contributed by atoms with Crippen LogP contribution in [0.15, 0.2) is 18.3 Å². The van der Waals surface area contributed by atoms with Gasteiger partial charge >= 0.3 is 0 Å². The lowest BCUT2D eigenvalue weighted by atomic mass is 9.89. The topological polar surface area (TPSA) is 63.9 Å². The molecule has 2 aromatic heterocycles. The van der Waals surface area contributed by atoms with Gasteiger partial charge in [-0.25, -0.2) is 9.97 Å². The summed E-state index contributed by atoms with van der Waals surface area (Å²) in [7, 11) is 1.93. The van der Waals surface area contributed by atoms with E-state index in [4.69, 9.17) is 4.98 Å². The fraction of sp³-hybridized carbons (Fsp3) is 0.600. The molecule has 1 aliphatic heterocycles. The summed E-state index contributed by atoms with van der Waals surface area (Å²) in [6.07, 6.45) is 4.68. The second-order valence-corrected chi connectivity index (χ2v) is 8.34. The zero-order valence-corrected chi connectivity index (χ0v) is 16.5. The number of nitrogens with zero attached hydrogens (tertiary/aromatic N) is 5. The number of hydrogen-bond acceptors (Lipinski definition) is 4. The van der Waals surface area contributed by atoms with E-state index in [2.05, 4.69) is 10.1 Å². The van der Waals surface area contributed by atoms with Crippen LogP contribution in [-0.4, -0.2) is 43.6 Å². The van der Waals surface area contributed by atoms with Crippen LogP contribution in [0.4, 0.5) is 0 Å². The Kier molecular flexibility index (Phi) is 5.12. The van der Waals surface area contributed by atoms with E-state index in [0.717, 1.165) is 55.3 Å². The van der Waals surface area contributed by atoms with Crippen molar-refractivity contribution in [2.75, 3.05) is 13.1 Å². The number of aryl methyl sites for hydroxylation is 2. The van der Waals surface area contributed by atoms with E-state index in [-0.39, 0.29) is 11.3 Å². The minimum Gasteiger partial charge on any atom is -0.342 e. The quantitative estimate of drug-likeness (QED) is 0.849. The van der Waals surface area contributed by atoms with E-state index >= 15 is 0 Å². The maximum atomic E-state index is 12.4. The van der Waals surface area contributed by atoms with Crippen molar-refractivity contribution in [2.45, 2.75) is 47.0 Å². The van der Waals surface area contributed by atoms with Gasteiger partial charge in [0.05, 0.1) is 11.4 Å². The molecule has 1 saturated heterocycles. The van der Waals surface area contributed by atoms with E-state index in [0.29, 0.717) is 5.92 Å². The fourth-order valence-electron chi connectivity index (χ4n) is 3.55. The largest absolute Gasteiger partial charge is 0.342 e. The summed E-state index contributed by atoms with van der Waals surface area (Å²) in [4.78, 5) is 23.9. The Morgan fingerprint density at radius 2 is 1.92 bits per heavy atom. The van der Waals surface area contributed by atoms with Crippen molar-refractivity contribution in [1.29, 1.82) is 0 Å². The van der Waals surface area contributed by atoms with Gasteiger partial charge in [-0.15, -0.1) is 0 Å². The molecule has 1 amide bonds. The lowest BCUT2D eigenvalue weighted by molar-refractivity contribution is -0.140. The Labute approximate surface area is 155 Å². The molecule has 140 valence electrons. The number of carbonyl (C=O) groups excluding carboxylic acids is 1. The first-order valence-electron chi connectivity index (χ1n) is 9.36. The fourth-order valence-corrected chi connectivity index (χ4v) is 3.55. The summed E-state index contributed by atoms with van der Waals surface area (Å²) in [6, 6.07) is 3.98. The number of likely N-dealkylation sites (tertiary alicyclic amines) is 1. The van der Waals surface area contributed by atoms with Crippen molar-refractivity contribution in [3.8, 4) is 11.4 Å². The molecular formula is C20H29N5O. The van der Waals surface area contributed by atoms with Gasteiger partial charge in [-0.3, -0.25) is 9.48 Å². The molecule has 0 saturated carbocycles. The number of aromatic nitrogens is 4. The third kappa shape index (κ3) is 4.11. The van der Waals surface area contributed by atoms with E-state index in [9.17, 15) is 4.79 Å². The monoisotopic (exact) mass is 355 g/mol. The Morgan fingerprint density at radius 1 is 1.23 bits per heavy atom. The maximum Gasteiger partial charge on any atom is 0.227 e. The first-order chi connectivity index (χ1) is 12.2. The SMILES string of the molecule is Cc1cc(-c2ccnn2C)nc(CC2CCN(C(=O)C(C)(C)C)CC2)n1. The number of rotatable bonds is 3. The van der Waals surface area contributed by atoms with Crippen LogP contribution < -0.4 is 0 Å². The van der Waals surface area contributed by atoms with Crippen LogP contribution in [0.2, 0.25) is 0 Å². The molecule has 0 aliphatic carbocycles. The highest BCUT2D eigenvalue weighted by molar-refractivity contribution is 5.81. The average Bonchev–Trinajstić information content (AvgIpc) is 2.99. The molecule has 0 N–H and O–H groups in total. The van der Waals surface area contributed by atoms with Gasteiger partial charge in [0.25, 0.3) is 0 Å².